The van der Waals surface area contributed by atoms with Gasteiger partial charge in [0.1, 0.15) is 11.4 Å². The molecule has 2 aromatic rings. The summed E-state index contributed by atoms with van der Waals surface area (Å²) in [4.78, 5) is 0. The molecule has 0 bridgehead atoms. The van der Waals surface area contributed by atoms with Gasteiger partial charge < -0.3 is 9.84 Å². The Balaban J connectivity index is 2.47. The van der Waals surface area contributed by atoms with Crippen LogP contribution in [0.4, 0.5) is 0 Å². The third-order valence-corrected chi connectivity index (χ3v) is 3.89. The first kappa shape index (κ1) is 14.4. The minimum atomic E-state index is -1.11. The van der Waals surface area contributed by atoms with E-state index in [2.05, 4.69) is 15.9 Å². The average Bonchev–Trinajstić information content (AvgIpc) is 2.38. The first-order valence-corrected chi connectivity index (χ1v) is 6.94. The molecule has 0 aliphatic heterocycles. The minimum Gasteiger partial charge on any atom is -0.495 e. The van der Waals surface area contributed by atoms with Crippen LogP contribution in [0.1, 0.15) is 18.1 Å². The van der Waals surface area contributed by atoms with Gasteiger partial charge in [0.25, 0.3) is 0 Å². The van der Waals surface area contributed by atoms with Gasteiger partial charge in [0, 0.05) is 4.47 Å². The molecule has 1 unspecified atom stereocenters. The van der Waals surface area contributed by atoms with E-state index in [9.17, 15) is 5.11 Å². The van der Waals surface area contributed by atoms with Gasteiger partial charge in [-0.3, -0.25) is 0 Å². The van der Waals surface area contributed by atoms with Crippen molar-refractivity contribution in [1.82, 2.24) is 0 Å². The van der Waals surface area contributed by atoms with Crippen LogP contribution >= 0.6 is 27.5 Å². The number of hydrogen-bond donors (Lipinski definition) is 1. The largest absolute Gasteiger partial charge is 0.495 e. The van der Waals surface area contributed by atoms with Gasteiger partial charge in [0.05, 0.1) is 12.1 Å². The third kappa shape index (κ3) is 2.94. The van der Waals surface area contributed by atoms with Crippen molar-refractivity contribution in [2.45, 2.75) is 12.5 Å². The SMILES string of the molecule is COc1ccc(C(C)(O)c2cccc(Br)c2)cc1Cl. The van der Waals surface area contributed by atoms with Crippen LogP contribution in [-0.4, -0.2) is 12.2 Å². The predicted octanol–water partition coefficient (Wildman–Crippen LogP) is 4.37. The number of halogens is 2. The Labute approximate surface area is 126 Å². The molecule has 0 amide bonds. The van der Waals surface area contributed by atoms with E-state index in [1.54, 1.807) is 26.2 Å². The maximum Gasteiger partial charge on any atom is 0.137 e. The molecule has 2 aromatic carbocycles. The van der Waals surface area contributed by atoms with Crippen molar-refractivity contribution >= 4 is 27.5 Å². The van der Waals surface area contributed by atoms with Gasteiger partial charge in [-0.15, -0.1) is 0 Å². The zero-order chi connectivity index (χ0) is 14.0. The molecule has 0 heterocycles. The molecule has 0 saturated heterocycles. The van der Waals surface area contributed by atoms with E-state index in [0.717, 1.165) is 15.6 Å². The lowest BCUT2D eigenvalue weighted by Gasteiger charge is -2.25. The lowest BCUT2D eigenvalue weighted by molar-refractivity contribution is 0.102. The van der Waals surface area contributed by atoms with E-state index < -0.39 is 5.60 Å². The van der Waals surface area contributed by atoms with Crippen LogP contribution in [0.3, 0.4) is 0 Å². The van der Waals surface area contributed by atoms with E-state index >= 15 is 0 Å². The summed E-state index contributed by atoms with van der Waals surface area (Å²) < 4.78 is 6.04. The van der Waals surface area contributed by atoms with Gasteiger partial charge in [-0.05, 0) is 42.3 Å². The molecule has 19 heavy (non-hydrogen) atoms. The number of hydrogen-bond acceptors (Lipinski definition) is 2. The summed E-state index contributed by atoms with van der Waals surface area (Å²) in [6.07, 6.45) is 0. The van der Waals surface area contributed by atoms with E-state index in [0.29, 0.717) is 10.8 Å². The number of benzene rings is 2. The molecule has 1 N–H and O–H groups in total. The summed E-state index contributed by atoms with van der Waals surface area (Å²) >= 11 is 9.52. The molecule has 0 spiro atoms. The van der Waals surface area contributed by atoms with Gasteiger partial charge >= 0.3 is 0 Å². The maximum absolute atomic E-state index is 10.7. The van der Waals surface area contributed by atoms with Crippen LogP contribution in [0.25, 0.3) is 0 Å². The van der Waals surface area contributed by atoms with Crippen molar-refractivity contribution in [1.29, 1.82) is 0 Å². The van der Waals surface area contributed by atoms with Gasteiger partial charge in [-0.25, -0.2) is 0 Å². The summed E-state index contributed by atoms with van der Waals surface area (Å²) in [6.45, 7) is 1.74. The zero-order valence-electron chi connectivity index (χ0n) is 10.7. The zero-order valence-corrected chi connectivity index (χ0v) is 13.0. The van der Waals surface area contributed by atoms with Crippen LogP contribution in [0.2, 0.25) is 5.02 Å². The molecule has 0 aromatic heterocycles. The summed E-state index contributed by atoms with van der Waals surface area (Å²) in [5.41, 5.74) is 0.402. The highest BCUT2D eigenvalue weighted by Crippen LogP contribution is 2.34. The lowest BCUT2D eigenvalue weighted by Crippen LogP contribution is -2.22. The first-order chi connectivity index (χ1) is 8.95. The Morgan fingerprint density at radius 3 is 2.42 bits per heavy atom. The van der Waals surface area contributed by atoms with Crippen LogP contribution in [0.15, 0.2) is 46.9 Å². The maximum atomic E-state index is 10.7. The summed E-state index contributed by atoms with van der Waals surface area (Å²) in [7, 11) is 1.56. The van der Waals surface area contributed by atoms with Crippen LogP contribution in [-0.2, 0) is 5.60 Å². The normalized spacial score (nSPS) is 13.9. The van der Waals surface area contributed by atoms with Crippen LogP contribution in [0.5, 0.6) is 5.75 Å². The Kier molecular flexibility index (Phi) is 4.19. The molecule has 0 saturated carbocycles. The van der Waals surface area contributed by atoms with Gasteiger partial charge in [-0.2, -0.15) is 0 Å². The fraction of sp³-hybridized carbons (Fsp3) is 0.200. The summed E-state index contributed by atoms with van der Waals surface area (Å²) in [6, 6.07) is 12.9. The van der Waals surface area contributed by atoms with Crippen molar-refractivity contribution in [2.75, 3.05) is 7.11 Å². The van der Waals surface area contributed by atoms with Crippen molar-refractivity contribution in [3.8, 4) is 5.75 Å². The van der Waals surface area contributed by atoms with Crippen molar-refractivity contribution in [3.63, 3.8) is 0 Å². The molecule has 4 heteroatoms. The van der Waals surface area contributed by atoms with Crippen LogP contribution in [0, 0.1) is 0 Å². The first-order valence-electron chi connectivity index (χ1n) is 5.77. The second kappa shape index (κ2) is 5.53. The number of ether oxygens (including phenoxy) is 1. The lowest BCUT2D eigenvalue weighted by atomic mass is 9.88. The number of aliphatic hydroxyl groups is 1. The average molecular weight is 342 g/mol. The Bertz CT molecular complexity index is 596. The monoisotopic (exact) mass is 340 g/mol. The van der Waals surface area contributed by atoms with Crippen molar-refractivity contribution in [3.05, 3.63) is 63.1 Å². The van der Waals surface area contributed by atoms with Crippen molar-refractivity contribution in [2.24, 2.45) is 0 Å². The van der Waals surface area contributed by atoms with E-state index in [-0.39, 0.29) is 0 Å². The molecule has 0 radical (unpaired) electrons. The highest BCUT2D eigenvalue weighted by Gasteiger charge is 2.26. The van der Waals surface area contributed by atoms with Gasteiger partial charge in [-0.1, -0.05) is 45.7 Å². The van der Waals surface area contributed by atoms with E-state index in [1.165, 1.54) is 0 Å². The van der Waals surface area contributed by atoms with Crippen LogP contribution < -0.4 is 4.74 Å². The number of rotatable bonds is 3. The molecule has 100 valence electrons. The Hall–Kier alpha value is -1.03. The second-order valence-corrected chi connectivity index (χ2v) is 5.75. The summed E-state index contributed by atoms with van der Waals surface area (Å²) in [5.74, 6) is 0.593. The molecule has 1 atom stereocenters. The van der Waals surface area contributed by atoms with E-state index in [1.807, 2.05) is 30.3 Å². The Morgan fingerprint density at radius 1 is 1.16 bits per heavy atom. The highest BCUT2D eigenvalue weighted by molar-refractivity contribution is 9.10. The summed E-state index contributed by atoms with van der Waals surface area (Å²) in [5, 5.41) is 11.2. The highest BCUT2D eigenvalue weighted by atomic mass is 79.9. The standard InChI is InChI=1S/C15H14BrClO2/c1-15(18,10-4-3-5-12(16)8-10)11-6-7-14(19-2)13(17)9-11/h3-9,18H,1-2H3. The molecule has 2 nitrogen and oxygen atoms in total. The van der Waals surface area contributed by atoms with Gasteiger partial charge in [0.2, 0.25) is 0 Å². The van der Waals surface area contributed by atoms with Crippen molar-refractivity contribution < 1.29 is 9.84 Å². The molecular formula is C15H14BrClO2. The third-order valence-electron chi connectivity index (χ3n) is 3.10. The van der Waals surface area contributed by atoms with Gasteiger partial charge in [0.15, 0.2) is 0 Å². The topological polar surface area (TPSA) is 29.5 Å². The fourth-order valence-electron chi connectivity index (χ4n) is 1.93. The number of methoxy groups -OCH3 is 1. The minimum absolute atomic E-state index is 0.482. The second-order valence-electron chi connectivity index (χ2n) is 4.43. The predicted molar refractivity (Wildman–Crippen MR) is 80.8 cm³/mol. The van der Waals surface area contributed by atoms with E-state index in [4.69, 9.17) is 16.3 Å². The molecule has 2 rings (SSSR count). The quantitative estimate of drug-likeness (QED) is 0.898. The smallest absolute Gasteiger partial charge is 0.137 e. The molecule has 0 aliphatic rings. The Morgan fingerprint density at radius 2 is 1.84 bits per heavy atom. The molecule has 0 aliphatic carbocycles. The molecule has 0 fully saturated rings. The fourth-order valence-corrected chi connectivity index (χ4v) is 2.58. The molecular weight excluding hydrogens is 328 g/mol.